The van der Waals surface area contributed by atoms with Gasteiger partial charge in [0.25, 0.3) is 0 Å². The van der Waals surface area contributed by atoms with E-state index in [9.17, 15) is 0 Å². The van der Waals surface area contributed by atoms with E-state index in [2.05, 4.69) is 0 Å². The minimum atomic E-state index is -0.301. The molecule has 0 aliphatic rings. The van der Waals surface area contributed by atoms with Crippen LogP contribution in [0, 0.1) is 11.3 Å². The maximum atomic E-state index is 8.32. The summed E-state index contributed by atoms with van der Waals surface area (Å²) < 4.78 is 5.23. The summed E-state index contributed by atoms with van der Waals surface area (Å²) in [7, 11) is 0. The summed E-state index contributed by atoms with van der Waals surface area (Å²) in [5, 5.41) is 8.32. The highest BCUT2D eigenvalue weighted by atomic mass is 16.5. The molecule has 0 saturated heterocycles. The normalized spacial score (nSPS) is 14.6. The third-order valence-corrected chi connectivity index (χ3v) is 0.712. The van der Waals surface area contributed by atoms with Crippen LogP contribution in [0.2, 0.25) is 0 Å². The molecule has 0 aliphatic carbocycles. The van der Waals surface area contributed by atoms with Crippen LogP contribution in [0.25, 0.3) is 0 Å². The average molecular weight is 127 g/mol. The van der Waals surface area contributed by atoms with Crippen molar-refractivity contribution in [1.29, 1.82) is 5.26 Å². The van der Waals surface area contributed by atoms with Crippen LogP contribution in [-0.4, -0.2) is 11.7 Å². The molecule has 52 valence electrons. The zero-order valence-corrected chi connectivity index (χ0v) is 6.43. The number of ether oxygens (including phenoxy) is 1. The topological polar surface area (TPSA) is 33.0 Å². The molecule has 0 radical (unpaired) electrons. The average Bonchev–Trinajstić information content (AvgIpc) is 1.62. The molecule has 0 aromatic heterocycles. The van der Waals surface area contributed by atoms with Gasteiger partial charge >= 0.3 is 0 Å². The molecule has 0 aromatic carbocycles. The molecule has 2 nitrogen and oxygen atoms in total. The Labute approximate surface area is 56.4 Å². The van der Waals surface area contributed by atoms with Crippen molar-refractivity contribution in [2.75, 3.05) is 0 Å². The first-order valence-electron chi connectivity index (χ1n) is 3.03. The lowest BCUT2D eigenvalue weighted by atomic mass is 10.2. The van der Waals surface area contributed by atoms with Crippen molar-refractivity contribution in [3.05, 3.63) is 0 Å². The van der Waals surface area contributed by atoms with Crippen LogP contribution < -0.4 is 0 Å². The van der Waals surface area contributed by atoms with Gasteiger partial charge in [-0.1, -0.05) is 0 Å². The highest BCUT2D eigenvalue weighted by Crippen LogP contribution is 2.09. The molecule has 0 bridgehead atoms. The van der Waals surface area contributed by atoms with Crippen molar-refractivity contribution in [3.8, 4) is 6.07 Å². The molecule has 2 heteroatoms. The Bertz CT molecular complexity index is 118. The van der Waals surface area contributed by atoms with Crippen molar-refractivity contribution >= 4 is 0 Å². The Morgan fingerprint density at radius 3 is 2.00 bits per heavy atom. The molecule has 0 fully saturated rings. The van der Waals surface area contributed by atoms with E-state index in [4.69, 9.17) is 10.00 Å². The molecule has 0 aliphatic heterocycles. The molecule has 1 unspecified atom stereocenters. The first-order chi connectivity index (χ1) is 3.95. The highest BCUT2D eigenvalue weighted by Gasteiger charge is 2.13. The van der Waals surface area contributed by atoms with Gasteiger partial charge in [-0.25, -0.2) is 0 Å². The lowest BCUT2D eigenvalue weighted by molar-refractivity contribution is -0.0265. The molecule has 0 N–H and O–H groups in total. The Morgan fingerprint density at radius 2 is 1.89 bits per heavy atom. The van der Waals surface area contributed by atoms with Crippen molar-refractivity contribution < 1.29 is 4.74 Å². The van der Waals surface area contributed by atoms with Crippen molar-refractivity contribution in [2.24, 2.45) is 0 Å². The maximum absolute atomic E-state index is 8.32. The molecule has 1 atom stereocenters. The lowest BCUT2D eigenvalue weighted by Gasteiger charge is -2.20. The molecular formula is C7H13NO. The van der Waals surface area contributed by atoms with Crippen LogP contribution in [0.3, 0.4) is 0 Å². The molecule has 0 amide bonds. The summed E-state index contributed by atoms with van der Waals surface area (Å²) in [5.41, 5.74) is -0.199. The van der Waals surface area contributed by atoms with Crippen LogP contribution in [0.4, 0.5) is 0 Å². The van der Waals surface area contributed by atoms with Gasteiger partial charge in [-0.3, -0.25) is 0 Å². The van der Waals surface area contributed by atoms with Gasteiger partial charge in [0.05, 0.1) is 11.7 Å². The van der Waals surface area contributed by atoms with Crippen LogP contribution >= 0.6 is 0 Å². The van der Waals surface area contributed by atoms with Crippen LogP contribution in [0.15, 0.2) is 0 Å². The molecular weight excluding hydrogens is 114 g/mol. The Hall–Kier alpha value is -0.550. The van der Waals surface area contributed by atoms with Crippen LogP contribution in [0.5, 0.6) is 0 Å². The van der Waals surface area contributed by atoms with Gasteiger partial charge in [-0.15, -0.1) is 0 Å². The standard InChI is InChI=1S/C7H13NO/c1-6(5-8)9-7(2,3)4/h6H,1-4H3. The quantitative estimate of drug-likeness (QED) is 0.537. The van der Waals surface area contributed by atoms with Crippen LogP contribution in [-0.2, 0) is 4.74 Å². The highest BCUT2D eigenvalue weighted by molar-refractivity contribution is 4.81. The van der Waals surface area contributed by atoms with E-state index in [1.807, 2.05) is 26.8 Å². The summed E-state index contributed by atoms with van der Waals surface area (Å²) in [6.45, 7) is 7.54. The molecule has 0 spiro atoms. The largest absolute Gasteiger partial charge is 0.358 e. The molecule has 9 heavy (non-hydrogen) atoms. The third kappa shape index (κ3) is 5.32. The zero-order chi connectivity index (χ0) is 7.49. The first-order valence-corrected chi connectivity index (χ1v) is 3.03. The first kappa shape index (κ1) is 8.45. The third-order valence-electron chi connectivity index (χ3n) is 0.712. The predicted molar refractivity (Wildman–Crippen MR) is 35.9 cm³/mol. The Balaban J connectivity index is 3.63. The number of hydrogen-bond donors (Lipinski definition) is 0. The fraction of sp³-hybridized carbons (Fsp3) is 0.857. The van der Waals surface area contributed by atoms with Crippen molar-refractivity contribution in [2.45, 2.75) is 39.4 Å². The Kier molecular flexibility index (Phi) is 2.66. The second-order valence-corrected chi connectivity index (χ2v) is 3.00. The summed E-state index contributed by atoms with van der Waals surface area (Å²) >= 11 is 0. The maximum Gasteiger partial charge on any atom is 0.141 e. The van der Waals surface area contributed by atoms with E-state index in [-0.39, 0.29) is 11.7 Å². The second-order valence-electron chi connectivity index (χ2n) is 3.00. The fourth-order valence-corrected chi connectivity index (χ4v) is 0.557. The summed E-state index contributed by atoms with van der Waals surface area (Å²) in [6, 6.07) is 2.00. The molecule has 0 heterocycles. The second kappa shape index (κ2) is 2.84. The predicted octanol–water partition coefficient (Wildman–Crippen LogP) is 1.71. The zero-order valence-electron chi connectivity index (χ0n) is 6.43. The van der Waals surface area contributed by atoms with Crippen LogP contribution in [0.1, 0.15) is 27.7 Å². The summed E-state index contributed by atoms with van der Waals surface area (Å²) in [4.78, 5) is 0. The van der Waals surface area contributed by atoms with E-state index >= 15 is 0 Å². The van der Waals surface area contributed by atoms with Gasteiger partial charge in [-0.2, -0.15) is 5.26 Å². The van der Waals surface area contributed by atoms with Gasteiger partial charge < -0.3 is 4.74 Å². The minimum absolute atomic E-state index is 0.199. The number of rotatable bonds is 1. The number of hydrogen-bond acceptors (Lipinski definition) is 2. The fourth-order valence-electron chi connectivity index (χ4n) is 0.557. The monoisotopic (exact) mass is 127 g/mol. The minimum Gasteiger partial charge on any atom is -0.358 e. The van der Waals surface area contributed by atoms with Gasteiger partial charge in [-0.05, 0) is 27.7 Å². The van der Waals surface area contributed by atoms with E-state index in [1.54, 1.807) is 6.92 Å². The van der Waals surface area contributed by atoms with Gasteiger partial charge in [0.2, 0.25) is 0 Å². The van der Waals surface area contributed by atoms with E-state index in [1.165, 1.54) is 0 Å². The van der Waals surface area contributed by atoms with E-state index in [0.29, 0.717) is 0 Å². The summed E-state index contributed by atoms with van der Waals surface area (Å²) in [5.74, 6) is 0. The van der Waals surface area contributed by atoms with Crippen molar-refractivity contribution in [1.82, 2.24) is 0 Å². The van der Waals surface area contributed by atoms with Gasteiger partial charge in [0.15, 0.2) is 0 Å². The number of nitriles is 1. The van der Waals surface area contributed by atoms with Gasteiger partial charge in [0.1, 0.15) is 6.10 Å². The number of nitrogens with zero attached hydrogens (tertiary/aromatic N) is 1. The van der Waals surface area contributed by atoms with Crippen molar-refractivity contribution in [3.63, 3.8) is 0 Å². The molecule has 0 saturated carbocycles. The summed E-state index contributed by atoms with van der Waals surface area (Å²) in [6.07, 6.45) is -0.301. The Morgan fingerprint density at radius 1 is 1.44 bits per heavy atom. The van der Waals surface area contributed by atoms with E-state index in [0.717, 1.165) is 0 Å². The SMILES string of the molecule is CC(C#N)OC(C)(C)C. The van der Waals surface area contributed by atoms with E-state index < -0.39 is 0 Å². The molecule has 0 aromatic rings. The smallest absolute Gasteiger partial charge is 0.141 e. The lowest BCUT2D eigenvalue weighted by Crippen LogP contribution is -2.24. The van der Waals surface area contributed by atoms with Gasteiger partial charge in [0, 0.05) is 0 Å². The molecule has 0 rings (SSSR count).